The summed E-state index contributed by atoms with van der Waals surface area (Å²) in [5.41, 5.74) is 4.07. The molecular formula is C22H23NO5. The fraction of sp³-hybridized carbons (Fsp3) is 0.318. The van der Waals surface area contributed by atoms with Gasteiger partial charge >= 0.3 is 5.63 Å². The van der Waals surface area contributed by atoms with E-state index in [1.807, 2.05) is 32.0 Å². The predicted molar refractivity (Wildman–Crippen MR) is 108 cm³/mol. The topological polar surface area (TPSA) is 61.1 Å². The van der Waals surface area contributed by atoms with Crippen molar-refractivity contribution in [1.29, 1.82) is 0 Å². The van der Waals surface area contributed by atoms with Crippen molar-refractivity contribution < 1.29 is 18.6 Å². The van der Waals surface area contributed by atoms with Crippen molar-refractivity contribution in [1.82, 2.24) is 0 Å². The van der Waals surface area contributed by atoms with E-state index in [4.69, 9.17) is 18.6 Å². The van der Waals surface area contributed by atoms with E-state index in [1.54, 1.807) is 20.3 Å². The molecule has 2 heterocycles. The molecule has 0 spiro atoms. The first kappa shape index (κ1) is 18.2. The van der Waals surface area contributed by atoms with Crippen molar-refractivity contribution in [2.45, 2.75) is 26.8 Å². The molecule has 146 valence electrons. The van der Waals surface area contributed by atoms with Crippen molar-refractivity contribution in [3.63, 3.8) is 0 Å². The Balaban J connectivity index is 1.82. The molecule has 0 aliphatic carbocycles. The van der Waals surface area contributed by atoms with Crippen LogP contribution in [-0.4, -0.2) is 21.0 Å². The van der Waals surface area contributed by atoms with E-state index < -0.39 is 0 Å². The van der Waals surface area contributed by atoms with Crippen molar-refractivity contribution in [3.05, 3.63) is 57.4 Å². The lowest BCUT2D eigenvalue weighted by Crippen LogP contribution is -2.32. The summed E-state index contributed by atoms with van der Waals surface area (Å²) in [6.07, 6.45) is 0.759. The second-order valence-electron chi connectivity index (χ2n) is 6.82. The zero-order valence-electron chi connectivity index (χ0n) is 16.5. The standard InChI is InChI=1S/C22H23NO5/c1-5-14-9-20(24)28-22-13(2)21-15(8-17(14)22)11-23(12-27-21)18-10-16(25-3)6-7-19(18)26-4/h6-10H,5,11-12H2,1-4H3. The zero-order chi connectivity index (χ0) is 19.8. The molecule has 0 amide bonds. The molecule has 0 saturated heterocycles. The molecule has 6 heteroatoms. The number of fused-ring (bicyclic) bond motifs is 2. The minimum atomic E-state index is -0.328. The van der Waals surface area contributed by atoms with Crippen LogP contribution in [0.15, 0.2) is 39.5 Å². The van der Waals surface area contributed by atoms with Gasteiger partial charge in [-0.3, -0.25) is 0 Å². The molecule has 0 saturated carbocycles. The van der Waals surface area contributed by atoms with Crippen LogP contribution in [-0.2, 0) is 13.0 Å². The molecule has 2 aromatic carbocycles. The van der Waals surface area contributed by atoms with Gasteiger partial charge in [-0.05, 0) is 37.1 Å². The molecule has 0 fully saturated rings. The molecule has 0 bridgehead atoms. The summed E-state index contributed by atoms with van der Waals surface area (Å²) in [5.74, 6) is 2.29. The largest absolute Gasteiger partial charge is 0.497 e. The lowest BCUT2D eigenvalue weighted by Gasteiger charge is -2.33. The molecule has 0 atom stereocenters. The monoisotopic (exact) mass is 381 g/mol. The number of ether oxygens (including phenoxy) is 3. The fourth-order valence-corrected chi connectivity index (χ4v) is 3.77. The Hall–Kier alpha value is -3.15. The Bertz CT molecular complexity index is 1100. The Labute approximate surface area is 163 Å². The van der Waals surface area contributed by atoms with Crippen molar-refractivity contribution in [2.24, 2.45) is 0 Å². The van der Waals surface area contributed by atoms with Gasteiger partial charge in [0.05, 0.1) is 26.5 Å². The predicted octanol–water partition coefficient (Wildman–Crippen LogP) is 4.04. The van der Waals surface area contributed by atoms with Gasteiger partial charge in [0.1, 0.15) is 22.8 Å². The van der Waals surface area contributed by atoms with Gasteiger partial charge in [-0.25, -0.2) is 4.79 Å². The second-order valence-corrected chi connectivity index (χ2v) is 6.82. The number of benzene rings is 2. The molecule has 3 aromatic rings. The first-order chi connectivity index (χ1) is 13.5. The lowest BCUT2D eigenvalue weighted by molar-refractivity contribution is 0.285. The molecule has 0 unspecified atom stereocenters. The van der Waals surface area contributed by atoms with Crippen LogP contribution in [0.5, 0.6) is 17.2 Å². The smallest absolute Gasteiger partial charge is 0.336 e. The Morgan fingerprint density at radius 3 is 2.68 bits per heavy atom. The van der Waals surface area contributed by atoms with Gasteiger partial charge in [0.25, 0.3) is 0 Å². The second kappa shape index (κ2) is 7.11. The van der Waals surface area contributed by atoms with Gasteiger partial charge in [-0.15, -0.1) is 0 Å². The number of rotatable bonds is 4. The number of nitrogens with zero attached hydrogens (tertiary/aromatic N) is 1. The Morgan fingerprint density at radius 2 is 1.96 bits per heavy atom. The van der Waals surface area contributed by atoms with Crippen LogP contribution in [0.4, 0.5) is 5.69 Å². The molecular weight excluding hydrogens is 358 g/mol. The highest BCUT2D eigenvalue weighted by Gasteiger charge is 2.25. The number of aryl methyl sites for hydroxylation is 2. The minimum Gasteiger partial charge on any atom is -0.497 e. The number of anilines is 1. The fourth-order valence-electron chi connectivity index (χ4n) is 3.77. The van der Waals surface area contributed by atoms with Crippen LogP contribution >= 0.6 is 0 Å². The van der Waals surface area contributed by atoms with Gasteiger partial charge in [0.15, 0.2) is 6.73 Å². The minimum absolute atomic E-state index is 0.328. The van der Waals surface area contributed by atoms with Gasteiger partial charge in [-0.1, -0.05) is 6.92 Å². The summed E-state index contributed by atoms with van der Waals surface area (Å²) in [5, 5.41) is 0.960. The third-order valence-electron chi connectivity index (χ3n) is 5.21. The molecule has 4 rings (SSSR count). The van der Waals surface area contributed by atoms with Gasteiger partial charge in [0.2, 0.25) is 0 Å². The van der Waals surface area contributed by atoms with E-state index in [2.05, 4.69) is 11.0 Å². The molecule has 1 aromatic heterocycles. The van der Waals surface area contributed by atoms with Crippen LogP contribution in [0.1, 0.15) is 23.6 Å². The highest BCUT2D eigenvalue weighted by molar-refractivity contribution is 5.86. The third-order valence-corrected chi connectivity index (χ3v) is 5.21. The summed E-state index contributed by atoms with van der Waals surface area (Å²) in [6, 6.07) is 9.34. The first-order valence-corrected chi connectivity index (χ1v) is 9.24. The molecule has 0 N–H and O–H groups in total. The average molecular weight is 381 g/mol. The summed E-state index contributed by atoms with van der Waals surface area (Å²) in [7, 11) is 3.29. The quantitative estimate of drug-likeness (QED) is 0.636. The third kappa shape index (κ3) is 2.95. The van der Waals surface area contributed by atoms with E-state index in [1.165, 1.54) is 0 Å². The van der Waals surface area contributed by atoms with Gasteiger partial charge in [0, 0.05) is 28.6 Å². The zero-order valence-corrected chi connectivity index (χ0v) is 16.5. The summed E-state index contributed by atoms with van der Waals surface area (Å²) in [6.45, 7) is 4.98. The molecule has 1 aliphatic heterocycles. The maximum atomic E-state index is 11.9. The van der Waals surface area contributed by atoms with Crippen LogP contribution in [0.2, 0.25) is 0 Å². The highest BCUT2D eigenvalue weighted by Crippen LogP contribution is 2.40. The van der Waals surface area contributed by atoms with Crippen molar-refractivity contribution in [2.75, 3.05) is 25.9 Å². The first-order valence-electron chi connectivity index (χ1n) is 9.24. The molecule has 1 aliphatic rings. The number of methoxy groups -OCH3 is 2. The van der Waals surface area contributed by atoms with E-state index in [9.17, 15) is 4.79 Å². The Kier molecular flexibility index (Phi) is 4.63. The van der Waals surface area contributed by atoms with Crippen LogP contribution in [0.25, 0.3) is 11.0 Å². The van der Waals surface area contributed by atoms with Crippen LogP contribution in [0.3, 0.4) is 0 Å². The molecule has 6 nitrogen and oxygen atoms in total. The highest BCUT2D eigenvalue weighted by atomic mass is 16.5. The summed E-state index contributed by atoms with van der Waals surface area (Å²) >= 11 is 0. The van der Waals surface area contributed by atoms with Gasteiger partial charge in [-0.2, -0.15) is 0 Å². The number of hydrogen-bond acceptors (Lipinski definition) is 6. The van der Waals surface area contributed by atoms with E-state index in [0.29, 0.717) is 18.9 Å². The maximum absolute atomic E-state index is 11.9. The summed E-state index contributed by atoms with van der Waals surface area (Å²) in [4.78, 5) is 14.0. The normalized spacial score (nSPS) is 13.2. The average Bonchev–Trinajstić information content (AvgIpc) is 2.73. The SMILES string of the molecule is CCc1cc(=O)oc2c(C)c3c(cc12)CN(c1cc(OC)ccc1OC)CO3. The molecule has 0 radical (unpaired) electrons. The Morgan fingerprint density at radius 1 is 1.14 bits per heavy atom. The van der Waals surface area contributed by atoms with Crippen molar-refractivity contribution in [3.8, 4) is 17.2 Å². The van der Waals surface area contributed by atoms with Crippen molar-refractivity contribution >= 4 is 16.7 Å². The number of hydrogen-bond donors (Lipinski definition) is 0. The van der Waals surface area contributed by atoms with E-state index in [-0.39, 0.29) is 5.63 Å². The van der Waals surface area contributed by atoms with Crippen LogP contribution < -0.4 is 24.7 Å². The van der Waals surface area contributed by atoms with E-state index in [0.717, 1.165) is 51.4 Å². The van der Waals surface area contributed by atoms with Gasteiger partial charge < -0.3 is 23.5 Å². The molecule has 28 heavy (non-hydrogen) atoms. The summed E-state index contributed by atoms with van der Waals surface area (Å²) < 4.78 is 22.5. The van der Waals surface area contributed by atoms with E-state index >= 15 is 0 Å². The van der Waals surface area contributed by atoms with Crippen LogP contribution in [0, 0.1) is 6.92 Å². The maximum Gasteiger partial charge on any atom is 0.336 e. The lowest BCUT2D eigenvalue weighted by atomic mass is 9.99.